The molecule has 0 aromatic heterocycles. The molecule has 2 rings (SSSR count). The molecule has 5 heteroatoms. The van der Waals surface area contributed by atoms with Gasteiger partial charge in [0.15, 0.2) is 0 Å². The van der Waals surface area contributed by atoms with Crippen LogP contribution in [0.15, 0.2) is 24.3 Å². The molecule has 94 valence electrons. The van der Waals surface area contributed by atoms with Crippen LogP contribution in [0.4, 0.5) is 4.39 Å². The second-order valence-corrected chi connectivity index (χ2v) is 4.18. The highest BCUT2D eigenvalue weighted by Crippen LogP contribution is 2.11. The summed E-state index contributed by atoms with van der Waals surface area (Å²) in [5.74, 6) is 0.0226. The number of halogens is 2. The van der Waals surface area contributed by atoms with Crippen LogP contribution in [0.25, 0.3) is 0 Å². The van der Waals surface area contributed by atoms with Crippen molar-refractivity contribution < 1.29 is 9.18 Å². The van der Waals surface area contributed by atoms with Crippen LogP contribution in [-0.4, -0.2) is 30.9 Å². The van der Waals surface area contributed by atoms with Gasteiger partial charge in [0.2, 0.25) is 5.91 Å². The smallest absolute Gasteiger partial charge is 0.228 e. The Labute approximate surface area is 106 Å². The van der Waals surface area contributed by atoms with Gasteiger partial charge in [0.1, 0.15) is 5.82 Å². The summed E-state index contributed by atoms with van der Waals surface area (Å²) in [7, 11) is 1.78. The lowest BCUT2D eigenvalue weighted by molar-refractivity contribution is -0.136. The van der Waals surface area contributed by atoms with Crippen LogP contribution < -0.4 is 5.32 Å². The minimum atomic E-state index is -0.249. The lowest BCUT2D eigenvalue weighted by Crippen LogP contribution is -2.50. The van der Waals surface area contributed by atoms with E-state index in [4.69, 9.17) is 0 Å². The quantitative estimate of drug-likeness (QED) is 0.890. The van der Waals surface area contributed by atoms with Gasteiger partial charge in [-0.1, -0.05) is 12.1 Å². The average molecular weight is 259 g/mol. The standard InChI is InChI=1S/C12H15FN2O.ClH/c1-15(12(16)10-6-14-7-10)8-9-2-4-11(13)5-3-9;/h2-5,10,14H,6-8H2,1H3;1H. The monoisotopic (exact) mass is 258 g/mol. The number of carbonyl (C=O) groups excluding carboxylic acids is 1. The number of rotatable bonds is 3. The first kappa shape index (κ1) is 13.9. The number of nitrogens with zero attached hydrogens (tertiary/aromatic N) is 1. The van der Waals surface area contributed by atoms with Crippen LogP contribution in [0.5, 0.6) is 0 Å². The van der Waals surface area contributed by atoms with Crippen molar-refractivity contribution in [2.75, 3.05) is 20.1 Å². The predicted octanol–water partition coefficient (Wildman–Crippen LogP) is 1.43. The molecule has 1 aliphatic heterocycles. The third kappa shape index (κ3) is 3.41. The Bertz CT molecular complexity index is 379. The van der Waals surface area contributed by atoms with E-state index in [0.717, 1.165) is 18.7 Å². The lowest BCUT2D eigenvalue weighted by atomic mass is 10.0. The Morgan fingerprint density at radius 2 is 2.00 bits per heavy atom. The molecule has 0 bridgehead atoms. The Hall–Kier alpha value is -1.13. The molecule has 1 aliphatic rings. The minimum Gasteiger partial charge on any atom is -0.341 e. The fourth-order valence-electron chi connectivity index (χ4n) is 1.72. The highest BCUT2D eigenvalue weighted by Gasteiger charge is 2.27. The summed E-state index contributed by atoms with van der Waals surface area (Å²) in [6, 6.07) is 6.24. The summed E-state index contributed by atoms with van der Waals surface area (Å²) in [5.41, 5.74) is 0.949. The van der Waals surface area contributed by atoms with Crippen LogP contribution in [0, 0.1) is 11.7 Å². The van der Waals surface area contributed by atoms with E-state index in [1.165, 1.54) is 12.1 Å². The summed E-state index contributed by atoms with van der Waals surface area (Å²) in [6.45, 7) is 2.08. The molecule has 3 nitrogen and oxygen atoms in total. The Morgan fingerprint density at radius 3 is 2.47 bits per heavy atom. The van der Waals surface area contributed by atoms with Crippen molar-refractivity contribution in [1.29, 1.82) is 0 Å². The zero-order valence-corrected chi connectivity index (χ0v) is 10.5. The van der Waals surface area contributed by atoms with Crippen molar-refractivity contribution >= 4 is 18.3 Å². The first-order chi connectivity index (χ1) is 7.66. The van der Waals surface area contributed by atoms with E-state index in [1.54, 1.807) is 24.1 Å². The second kappa shape index (κ2) is 5.98. The van der Waals surface area contributed by atoms with Crippen LogP contribution in [0.2, 0.25) is 0 Å². The van der Waals surface area contributed by atoms with Gasteiger partial charge in [0.05, 0.1) is 5.92 Å². The third-order valence-corrected chi connectivity index (χ3v) is 2.84. The van der Waals surface area contributed by atoms with Crippen molar-refractivity contribution in [2.24, 2.45) is 5.92 Å². The summed E-state index contributed by atoms with van der Waals surface area (Å²) in [6.07, 6.45) is 0. The van der Waals surface area contributed by atoms with Gasteiger partial charge in [-0.05, 0) is 17.7 Å². The summed E-state index contributed by atoms with van der Waals surface area (Å²) in [5, 5.41) is 3.07. The highest BCUT2D eigenvalue weighted by atomic mass is 35.5. The normalized spacial score (nSPS) is 14.7. The largest absolute Gasteiger partial charge is 0.341 e. The van der Waals surface area contributed by atoms with E-state index in [1.807, 2.05) is 0 Å². The Balaban J connectivity index is 0.00000144. The average Bonchev–Trinajstić information content (AvgIpc) is 2.19. The molecule has 1 N–H and O–H groups in total. The minimum absolute atomic E-state index is 0. The summed E-state index contributed by atoms with van der Waals surface area (Å²) < 4.78 is 12.7. The van der Waals surface area contributed by atoms with Crippen molar-refractivity contribution in [1.82, 2.24) is 10.2 Å². The molecule has 1 aromatic rings. The molecular weight excluding hydrogens is 243 g/mol. The van der Waals surface area contributed by atoms with Gasteiger partial charge in [0, 0.05) is 26.7 Å². The number of amides is 1. The van der Waals surface area contributed by atoms with Crippen molar-refractivity contribution in [3.8, 4) is 0 Å². The molecule has 0 spiro atoms. The molecule has 0 unspecified atom stereocenters. The maximum absolute atomic E-state index is 12.7. The SMILES string of the molecule is CN(Cc1ccc(F)cc1)C(=O)C1CNC1.Cl. The summed E-state index contributed by atoms with van der Waals surface area (Å²) >= 11 is 0. The highest BCUT2D eigenvalue weighted by molar-refractivity contribution is 5.85. The Morgan fingerprint density at radius 1 is 1.41 bits per heavy atom. The fraction of sp³-hybridized carbons (Fsp3) is 0.417. The van der Waals surface area contributed by atoms with Gasteiger partial charge >= 0.3 is 0 Å². The van der Waals surface area contributed by atoms with Crippen molar-refractivity contribution in [3.05, 3.63) is 35.6 Å². The molecule has 1 heterocycles. The van der Waals surface area contributed by atoms with Gasteiger partial charge in [-0.2, -0.15) is 0 Å². The topological polar surface area (TPSA) is 32.3 Å². The molecule has 1 saturated heterocycles. The maximum atomic E-state index is 12.7. The molecule has 0 aliphatic carbocycles. The zero-order chi connectivity index (χ0) is 11.5. The number of hydrogen-bond donors (Lipinski definition) is 1. The first-order valence-corrected chi connectivity index (χ1v) is 5.37. The molecule has 1 fully saturated rings. The Kier molecular flexibility index (Phi) is 4.90. The van der Waals surface area contributed by atoms with Gasteiger partial charge in [0.25, 0.3) is 0 Å². The zero-order valence-electron chi connectivity index (χ0n) is 9.65. The van der Waals surface area contributed by atoms with Crippen LogP contribution in [0.1, 0.15) is 5.56 Å². The van der Waals surface area contributed by atoms with Gasteiger partial charge in [-0.15, -0.1) is 12.4 Å². The van der Waals surface area contributed by atoms with Crippen molar-refractivity contribution in [2.45, 2.75) is 6.54 Å². The molecule has 1 aromatic carbocycles. The van der Waals surface area contributed by atoms with Crippen LogP contribution in [0.3, 0.4) is 0 Å². The van der Waals surface area contributed by atoms with E-state index in [9.17, 15) is 9.18 Å². The molecule has 1 amide bonds. The van der Waals surface area contributed by atoms with E-state index < -0.39 is 0 Å². The van der Waals surface area contributed by atoms with Gasteiger partial charge in [-0.3, -0.25) is 4.79 Å². The maximum Gasteiger partial charge on any atom is 0.228 e. The predicted molar refractivity (Wildman–Crippen MR) is 66.5 cm³/mol. The molecule has 0 saturated carbocycles. The lowest BCUT2D eigenvalue weighted by Gasteiger charge is -2.30. The van der Waals surface area contributed by atoms with Crippen LogP contribution >= 0.6 is 12.4 Å². The van der Waals surface area contributed by atoms with E-state index in [-0.39, 0.29) is 30.0 Å². The molecule has 0 radical (unpaired) electrons. The van der Waals surface area contributed by atoms with E-state index in [2.05, 4.69) is 5.32 Å². The fourth-order valence-corrected chi connectivity index (χ4v) is 1.72. The van der Waals surface area contributed by atoms with Gasteiger partial charge in [-0.25, -0.2) is 4.39 Å². The number of hydrogen-bond acceptors (Lipinski definition) is 2. The van der Waals surface area contributed by atoms with Crippen LogP contribution in [-0.2, 0) is 11.3 Å². The molecule has 17 heavy (non-hydrogen) atoms. The van der Waals surface area contributed by atoms with E-state index >= 15 is 0 Å². The molecular formula is C12H16ClFN2O. The number of benzene rings is 1. The van der Waals surface area contributed by atoms with Gasteiger partial charge < -0.3 is 10.2 Å². The first-order valence-electron chi connectivity index (χ1n) is 5.37. The summed E-state index contributed by atoms with van der Waals surface area (Å²) in [4.78, 5) is 13.5. The van der Waals surface area contributed by atoms with E-state index in [0.29, 0.717) is 6.54 Å². The number of carbonyl (C=O) groups is 1. The van der Waals surface area contributed by atoms with Crippen molar-refractivity contribution in [3.63, 3.8) is 0 Å². The number of nitrogens with one attached hydrogen (secondary N) is 1. The molecule has 0 atom stereocenters. The third-order valence-electron chi connectivity index (χ3n) is 2.84. The second-order valence-electron chi connectivity index (χ2n) is 4.18.